The Balaban J connectivity index is 1.44. The van der Waals surface area contributed by atoms with E-state index in [2.05, 4.69) is 41.1 Å². The molecule has 1 N–H and O–H groups in total. The van der Waals surface area contributed by atoms with Crippen LogP contribution in [0.2, 0.25) is 0 Å². The van der Waals surface area contributed by atoms with Crippen LogP contribution in [0.3, 0.4) is 0 Å². The Bertz CT molecular complexity index is 596. The predicted octanol–water partition coefficient (Wildman–Crippen LogP) is 2.90. The fourth-order valence-corrected chi connectivity index (χ4v) is 4.30. The Hall–Kier alpha value is -1.59. The number of nitrogens with zero attached hydrogens (tertiary/aromatic N) is 2. The van der Waals surface area contributed by atoms with E-state index in [4.69, 9.17) is 4.74 Å². The number of amides is 1. The van der Waals surface area contributed by atoms with Crippen LogP contribution in [0, 0.1) is 5.92 Å². The van der Waals surface area contributed by atoms with Crippen molar-refractivity contribution in [3.05, 3.63) is 29.8 Å². The Morgan fingerprint density at radius 1 is 1.15 bits per heavy atom. The molecule has 1 saturated heterocycles. The lowest BCUT2D eigenvalue weighted by molar-refractivity contribution is -0.127. The van der Waals surface area contributed by atoms with Gasteiger partial charge in [0.2, 0.25) is 5.91 Å². The highest BCUT2D eigenvalue weighted by Crippen LogP contribution is 2.24. The molecule has 1 aromatic rings. The van der Waals surface area contributed by atoms with Gasteiger partial charge in [-0.05, 0) is 43.4 Å². The SMILES string of the molecule is COc1ccc(CN2CCN([C@H](C)C(=O)N[C@@H]3CCCC[C@@H]3C)CC2)cc1. The maximum atomic E-state index is 12.7. The number of methoxy groups -OCH3 is 1. The predicted molar refractivity (Wildman–Crippen MR) is 109 cm³/mol. The van der Waals surface area contributed by atoms with Gasteiger partial charge in [-0.25, -0.2) is 0 Å². The van der Waals surface area contributed by atoms with Crippen molar-refractivity contribution in [2.24, 2.45) is 5.92 Å². The zero-order chi connectivity index (χ0) is 19.2. The molecule has 1 aromatic carbocycles. The Kier molecular flexibility index (Phi) is 7.13. The van der Waals surface area contributed by atoms with E-state index in [0.29, 0.717) is 12.0 Å². The van der Waals surface area contributed by atoms with Crippen LogP contribution in [0.5, 0.6) is 5.75 Å². The summed E-state index contributed by atoms with van der Waals surface area (Å²) in [5.74, 6) is 1.71. The fourth-order valence-electron chi connectivity index (χ4n) is 4.30. The highest BCUT2D eigenvalue weighted by Gasteiger charge is 2.29. The molecule has 27 heavy (non-hydrogen) atoms. The molecule has 0 unspecified atom stereocenters. The van der Waals surface area contributed by atoms with Gasteiger partial charge in [0, 0.05) is 38.8 Å². The summed E-state index contributed by atoms with van der Waals surface area (Å²) in [6.07, 6.45) is 4.92. The van der Waals surface area contributed by atoms with Crippen LogP contribution in [0.1, 0.15) is 45.1 Å². The molecule has 5 heteroatoms. The molecule has 0 spiro atoms. The van der Waals surface area contributed by atoms with Gasteiger partial charge in [0.1, 0.15) is 5.75 Å². The standard InChI is InChI=1S/C22H35N3O2/c1-17-6-4-5-7-21(17)23-22(26)18(2)25-14-12-24(13-15-25)16-19-8-10-20(27-3)11-9-19/h8-11,17-18,21H,4-7,12-16H2,1-3H3,(H,23,26)/t17-,18+,21+/m0/s1. The molecule has 3 atom stereocenters. The molecular weight excluding hydrogens is 338 g/mol. The summed E-state index contributed by atoms with van der Waals surface area (Å²) in [6, 6.07) is 8.63. The Morgan fingerprint density at radius 3 is 2.44 bits per heavy atom. The number of benzene rings is 1. The van der Waals surface area contributed by atoms with Crippen LogP contribution in [0.15, 0.2) is 24.3 Å². The highest BCUT2D eigenvalue weighted by molar-refractivity contribution is 5.81. The molecule has 1 aliphatic carbocycles. The first-order valence-electron chi connectivity index (χ1n) is 10.5. The molecule has 0 radical (unpaired) electrons. The smallest absolute Gasteiger partial charge is 0.237 e. The van der Waals surface area contributed by atoms with Crippen molar-refractivity contribution in [3.8, 4) is 5.75 Å². The van der Waals surface area contributed by atoms with Crippen LogP contribution in [0.4, 0.5) is 0 Å². The second-order valence-electron chi connectivity index (χ2n) is 8.21. The third kappa shape index (κ3) is 5.45. The Morgan fingerprint density at radius 2 is 1.81 bits per heavy atom. The molecule has 1 amide bonds. The summed E-state index contributed by atoms with van der Waals surface area (Å²) in [5, 5.41) is 3.32. The minimum Gasteiger partial charge on any atom is -0.497 e. The number of nitrogens with one attached hydrogen (secondary N) is 1. The second-order valence-corrected chi connectivity index (χ2v) is 8.21. The third-order valence-electron chi connectivity index (χ3n) is 6.34. The van der Waals surface area contributed by atoms with Gasteiger partial charge in [0.15, 0.2) is 0 Å². The molecule has 150 valence electrons. The van der Waals surface area contributed by atoms with Gasteiger partial charge in [-0.1, -0.05) is 31.9 Å². The van der Waals surface area contributed by atoms with Crippen molar-refractivity contribution in [1.82, 2.24) is 15.1 Å². The summed E-state index contributed by atoms with van der Waals surface area (Å²) in [5.41, 5.74) is 1.31. The number of rotatable bonds is 6. The number of hydrogen-bond donors (Lipinski definition) is 1. The first-order valence-corrected chi connectivity index (χ1v) is 10.5. The highest BCUT2D eigenvalue weighted by atomic mass is 16.5. The topological polar surface area (TPSA) is 44.8 Å². The summed E-state index contributed by atoms with van der Waals surface area (Å²) in [4.78, 5) is 17.5. The van der Waals surface area contributed by atoms with E-state index in [0.717, 1.165) is 44.9 Å². The normalized spacial score (nSPS) is 25.7. The molecular formula is C22H35N3O2. The van der Waals surface area contributed by atoms with Gasteiger partial charge in [0.05, 0.1) is 13.2 Å². The zero-order valence-corrected chi connectivity index (χ0v) is 17.1. The minimum absolute atomic E-state index is 0.0396. The van der Waals surface area contributed by atoms with Gasteiger partial charge in [-0.15, -0.1) is 0 Å². The third-order valence-corrected chi connectivity index (χ3v) is 6.34. The fraction of sp³-hybridized carbons (Fsp3) is 0.682. The average molecular weight is 374 g/mol. The molecule has 3 rings (SSSR count). The van der Waals surface area contributed by atoms with Crippen molar-refractivity contribution in [2.75, 3.05) is 33.3 Å². The maximum absolute atomic E-state index is 12.7. The zero-order valence-electron chi connectivity index (χ0n) is 17.1. The summed E-state index contributed by atoms with van der Waals surface area (Å²) in [7, 11) is 1.69. The quantitative estimate of drug-likeness (QED) is 0.833. The number of hydrogen-bond acceptors (Lipinski definition) is 4. The summed E-state index contributed by atoms with van der Waals surface area (Å²) < 4.78 is 5.22. The van der Waals surface area contributed by atoms with Crippen molar-refractivity contribution in [2.45, 2.75) is 58.2 Å². The lowest BCUT2D eigenvalue weighted by atomic mass is 9.86. The van der Waals surface area contributed by atoms with Crippen molar-refractivity contribution < 1.29 is 9.53 Å². The van der Waals surface area contributed by atoms with Crippen molar-refractivity contribution in [1.29, 1.82) is 0 Å². The number of piperazine rings is 1. The van der Waals surface area contributed by atoms with E-state index >= 15 is 0 Å². The molecule has 1 heterocycles. The van der Waals surface area contributed by atoms with Crippen LogP contribution in [-0.4, -0.2) is 61.1 Å². The van der Waals surface area contributed by atoms with Crippen LogP contribution >= 0.6 is 0 Å². The van der Waals surface area contributed by atoms with Crippen molar-refractivity contribution in [3.63, 3.8) is 0 Å². The van der Waals surface area contributed by atoms with E-state index in [1.54, 1.807) is 7.11 Å². The lowest BCUT2D eigenvalue weighted by Crippen LogP contribution is -2.55. The van der Waals surface area contributed by atoms with Crippen LogP contribution in [-0.2, 0) is 11.3 Å². The molecule has 1 aliphatic heterocycles. The maximum Gasteiger partial charge on any atom is 0.237 e. The van der Waals surface area contributed by atoms with Gasteiger partial charge in [-0.3, -0.25) is 14.6 Å². The van der Waals surface area contributed by atoms with E-state index in [1.165, 1.54) is 24.8 Å². The van der Waals surface area contributed by atoms with Gasteiger partial charge in [-0.2, -0.15) is 0 Å². The minimum atomic E-state index is -0.0396. The van der Waals surface area contributed by atoms with E-state index in [9.17, 15) is 4.79 Å². The monoisotopic (exact) mass is 373 g/mol. The molecule has 1 saturated carbocycles. The average Bonchev–Trinajstić information content (AvgIpc) is 2.70. The van der Waals surface area contributed by atoms with Gasteiger partial charge >= 0.3 is 0 Å². The molecule has 5 nitrogen and oxygen atoms in total. The molecule has 0 aromatic heterocycles. The van der Waals surface area contributed by atoms with Crippen LogP contribution in [0.25, 0.3) is 0 Å². The van der Waals surface area contributed by atoms with Crippen molar-refractivity contribution >= 4 is 5.91 Å². The number of ether oxygens (including phenoxy) is 1. The summed E-state index contributed by atoms with van der Waals surface area (Å²) in [6.45, 7) is 9.19. The largest absolute Gasteiger partial charge is 0.497 e. The van der Waals surface area contributed by atoms with E-state index in [1.807, 2.05) is 12.1 Å². The first kappa shape index (κ1) is 20.2. The summed E-state index contributed by atoms with van der Waals surface area (Å²) >= 11 is 0. The number of carbonyl (C=O) groups is 1. The molecule has 2 aliphatic rings. The second kappa shape index (κ2) is 9.56. The number of carbonyl (C=O) groups excluding carboxylic acids is 1. The molecule has 2 fully saturated rings. The molecule has 0 bridgehead atoms. The lowest BCUT2D eigenvalue weighted by Gasteiger charge is -2.38. The van der Waals surface area contributed by atoms with Crippen LogP contribution < -0.4 is 10.1 Å². The van der Waals surface area contributed by atoms with E-state index < -0.39 is 0 Å². The Labute approximate surface area is 164 Å². The first-order chi connectivity index (χ1) is 13.1. The van der Waals surface area contributed by atoms with E-state index in [-0.39, 0.29) is 11.9 Å². The van der Waals surface area contributed by atoms with Gasteiger partial charge < -0.3 is 10.1 Å². The van der Waals surface area contributed by atoms with Gasteiger partial charge in [0.25, 0.3) is 0 Å².